The van der Waals surface area contributed by atoms with Crippen molar-refractivity contribution in [2.45, 2.75) is 18.8 Å². The molecular weight excluding hydrogens is 259 g/mol. The van der Waals surface area contributed by atoms with Gasteiger partial charge in [0.15, 0.2) is 0 Å². The zero-order chi connectivity index (χ0) is 14.0. The Bertz CT molecular complexity index is 565. The molecule has 0 saturated carbocycles. The summed E-state index contributed by atoms with van der Waals surface area (Å²) in [5, 5.41) is 12.4. The predicted molar refractivity (Wildman–Crippen MR) is 64.7 cm³/mol. The van der Waals surface area contributed by atoms with Crippen LogP contribution in [0.4, 0.5) is 13.2 Å². The molecule has 0 fully saturated rings. The molecule has 0 aliphatic heterocycles. The van der Waals surface area contributed by atoms with Crippen molar-refractivity contribution in [3.05, 3.63) is 30.1 Å². The first kappa shape index (κ1) is 13.8. The average Bonchev–Trinajstić information content (AvgIpc) is 2.69. The standard InChI is InChI=1S/C12H14F3N3O/c1-16-6-8(19)7-18-10-5-3-2-4-9(10)17-11(18)12(13,14)15/h2-5,8,16,19H,6-7H2,1H3/t8-/m1/s1. The van der Waals surface area contributed by atoms with Crippen molar-refractivity contribution < 1.29 is 18.3 Å². The number of fused-ring (bicyclic) bond motifs is 1. The maximum absolute atomic E-state index is 12.9. The molecule has 0 aliphatic carbocycles. The molecule has 0 radical (unpaired) electrons. The maximum atomic E-state index is 12.9. The normalized spacial score (nSPS) is 13.9. The van der Waals surface area contributed by atoms with E-state index in [1.807, 2.05) is 0 Å². The monoisotopic (exact) mass is 273 g/mol. The van der Waals surface area contributed by atoms with E-state index < -0.39 is 18.1 Å². The van der Waals surface area contributed by atoms with Gasteiger partial charge in [0, 0.05) is 6.54 Å². The van der Waals surface area contributed by atoms with Crippen LogP contribution >= 0.6 is 0 Å². The van der Waals surface area contributed by atoms with Crippen molar-refractivity contribution in [1.29, 1.82) is 0 Å². The van der Waals surface area contributed by atoms with Crippen molar-refractivity contribution in [1.82, 2.24) is 14.9 Å². The van der Waals surface area contributed by atoms with Crippen LogP contribution in [0.2, 0.25) is 0 Å². The highest BCUT2D eigenvalue weighted by Gasteiger charge is 2.37. The minimum absolute atomic E-state index is 0.157. The second-order valence-electron chi connectivity index (χ2n) is 4.24. The van der Waals surface area contributed by atoms with Crippen LogP contribution < -0.4 is 5.32 Å². The lowest BCUT2D eigenvalue weighted by Crippen LogP contribution is -2.29. The van der Waals surface area contributed by atoms with E-state index in [1.54, 1.807) is 25.2 Å². The topological polar surface area (TPSA) is 50.1 Å². The Labute approximate surface area is 107 Å². The van der Waals surface area contributed by atoms with Gasteiger partial charge in [-0.05, 0) is 19.2 Å². The van der Waals surface area contributed by atoms with Crippen LogP contribution in [0.5, 0.6) is 0 Å². The number of hydrogen-bond acceptors (Lipinski definition) is 3. The van der Waals surface area contributed by atoms with Gasteiger partial charge in [0.1, 0.15) is 0 Å². The number of aliphatic hydroxyl groups excluding tert-OH is 1. The van der Waals surface area contributed by atoms with Gasteiger partial charge in [-0.1, -0.05) is 12.1 Å². The van der Waals surface area contributed by atoms with Crippen molar-refractivity contribution >= 4 is 11.0 Å². The highest BCUT2D eigenvalue weighted by Crippen LogP contribution is 2.31. The lowest BCUT2D eigenvalue weighted by Gasteiger charge is -2.15. The molecule has 19 heavy (non-hydrogen) atoms. The van der Waals surface area contributed by atoms with E-state index in [2.05, 4.69) is 10.3 Å². The second kappa shape index (κ2) is 5.18. The molecule has 104 valence electrons. The largest absolute Gasteiger partial charge is 0.449 e. The van der Waals surface area contributed by atoms with Crippen molar-refractivity contribution in [3.8, 4) is 0 Å². The molecule has 2 N–H and O–H groups in total. The number of benzene rings is 1. The summed E-state index contributed by atoms with van der Waals surface area (Å²) in [7, 11) is 1.62. The number of alkyl halides is 3. The van der Waals surface area contributed by atoms with Crippen LogP contribution in [-0.2, 0) is 12.7 Å². The summed E-state index contributed by atoms with van der Waals surface area (Å²) in [6, 6.07) is 6.35. The third kappa shape index (κ3) is 2.87. The molecule has 0 aliphatic rings. The average molecular weight is 273 g/mol. The number of aromatic nitrogens is 2. The van der Waals surface area contributed by atoms with Crippen LogP contribution in [-0.4, -0.2) is 34.4 Å². The number of imidazole rings is 1. The Morgan fingerprint density at radius 2 is 2.05 bits per heavy atom. The second-order valence-corrected chi connectivity index (χ2v) is 4.24. The quantitative estimate of drug-likeness (QED) is 0.890. The van der Waals surface area contributed by atoms with E-state index in [9.17, 15) is 18.3 Å². The highest BCUT2D eigenvalue weighted by atomic mass is 19.4. The van der Waals surface area contributed by atoms with Crippen LogP contribution in [0.1, 0.15) is 5.82 Å². The van der Waals surface area contributed by atoms with Gasteiger partial charge < -0.3 is 15.0 Å². The smallest absolute Gasteiger partial charge is 0.390 e. The lowest BCUT2D eigenvalue weighted by atomic mass is 10.3. The number of para-hydroxylation sites is 2. The summed E-state index contributed by atoms with van der Waals surface area (Å²) >= 11 is 0. The molecule has 0 spiro atoms. The van der Waals surface area contributed by atoms with E-state index in [1.165, 1.54) is 6.07 Å². The molecule has 1 aromatic heterocycles. The summed E-state index contributed by atoms with van der Waals surface area (Å²) in [6.07, 6.45) is -5.46. The van der Waals surface area contributed by atoms with E-state index in [0.717, 1.165) is 4.57 Å². The minimum atomic E-state index is -4.54. The molecule has 0 bridgehead atoms. The first-order chi connectivity index (χ1) is 8.93. The van der Waals surface area contributed by atoms with Gasteiger partial charge in [-0.2, -0.15) is 13.2 Å². The van der Waals surface area contributed by atoms with E-state index in [4.69, 9.17) is 0 Å². The van der Waals surface area contributed by atoms with Gasteiger partial charge in [0.05, 0.1) is 23.7 Å². The number of aliphatic hydroxyl groups is 1. The molecule has 1 aromatic carbocycles. The summed E-state index contributed by atoms with van der Waals surface area (Å²) in [5.41, 5.74) is 0.636. The van der Waals surface area contributed by atoms with Gasteiger partial charge in [-0.25, -0.2) is 4.98 Å². The Morgan fingerprint density at radius 1 is 1.37 bits per heavy atom. The van der Waals surface area contributed by atoms with Gasteiger partial charge in [0.2, 0.25) is 5.82 Å². The van der Waals surface area contributed by atoms with Crippen LogP contribution in [0.25, 0.3) is 11.0 Å². The predicted octanol–water partition coefficient (Wildman–Crippen LogP) is 1.64. The number of hydrogen-bond donors (Lipinski definition) is 2. The molecule has 0 unspecified atom stereocenters. The summed E-state index contributed by atoms with van der Waals surface area (Å²) < 4.78 is 39.8. The number of nitrogens with zero attached hydrogens (tertiary/aromatic N) is 2. The van der Waals surface area contributed by atoms with Gasteiger partial charge >= 0.3 is 6.18 Å². The molecule has 1 atom stereocenters. The lowest BCUT2D eigenvalue weighted by molar-refractivity contribution is -0.147. The summed E-state index contributed by atoms with van der Waals surface area (Å²) in [6.45, 7) is 0.0556. The SMILES string of the molecule is CNC[C@@H](O)Cn1c(C(F)(F)F)nc2ccccc21. The molecule has 7 heteroatoms. The fourth-order valence-electron chi connectivity index (χ4n) is 1.99. The summed E-state index contributed by atoms with van der Waals surface area (Å²) in [5.74, 6) is -0.983. The number of likely N-dealkylation sites (N-methyl/N-ethyl adjacent to an activating group) is 1. The minimum Gasteiger partial charge on any atom is -0.390 e. The maximum Gasteiger partial charge on any atom is 0.449 e. The first-order valence-corrected chi connectivity index (χ1v) is 5.78. The summed E-state index contributed by atoms with van der Waals surface area (Å²) in [4.78, 5) is 3.60. The molecule has 2 rings (SSSR count). The molecule has 1 heterocycles. The van der Waals surface area contributed by atoms with Crippen molar-refractivity contribution in [2.75, 3.05) is 13.6 Å². The third-order valence-electron chi connectivity index (χ3n) is 2.74. The fraction of sp³-hybridized carbons (Fsp3) is 0.417. The Hall–Kier alpha value is -1.60. The highest BCUT2D eigenvalue weighted by molar-refractivity contribution is 5.76. The number of rotatable bonds is 4. The Balaban J connectivity index is 2.49. The molecule has 0 amide bonds. The van der Waals surface area contributed by atoms with E-state index in [0.29, 0.717) is 5.52 Å². The van der Waals surface area contributed by atoms with Crippen LogP contribution in [0.3, 0.4) is 0 Å². The zero-order valence-corrected chi connectivity index (χ0v) is 10.3. The van der Waals surface area contributed by atoms with Crippen LogP contribution in [0, 0.1) is 0 Å². The molecular formula is C12H14F3N3O. The molecule has 4 nitrogen and oxygen atoms in total. The Morgan fingerprint density at radius 3 is 2.68 bits per heavy atom. The van der Waals surface area contributed by atoms with Gasteiger partial charge in [-0.15, -0.1) is 0 Å². The van der Waals surface area contributed by atoms with Gasteiger partial charge in [-0.3, -0.25) is 0 Å². The van der Waals surface area contributed by atoms with E-state index in [-0.39, 0.29) is 18.6 Å². The zero-order valence-electron chi connectivity index (χ0n) is 10.3. The van der Waals surface area contributed by atoms with Crippen molar-refractivity contribution in [2.24, 2.45) is 0 Å². The molecule has 2 aromatic rings. The fourth-order valence-corrected chi connectivity index (χ4v) is 1.99. The number of nitrogens with one attached hydrogen (secondary N) is 1. The first-order valence-electron chi connectivity index (χ1n) is 5.78. The third-order valence-corrected chi connectivity index (χ3v) is 2.74. The Kier molecular flexibility index (Phi) is 3.77. The van der Waals surface area contributed by atoms with Gasteiger partial charge in [0.25, 0.3) is 0 Å². The van der Waals surface area contributed by atoms with Crippen molar-refractivity contribution in [3.63, 3.8) is 0 Å². The molecule has 0 saturated heterocycles. The number of halogens is 3. The van der Waals surface area contributed by atoms with E-state index >= 15 is 0 Å². The van der Waals surface area contributed by atoms with Crippen LogP contribution in [0.15, 0.2) is 24.3 Å².